The van der Waals surface area contributed by atoms with Gasteiger partial charge in [0.25, 0.3) is 0 Å². The van der Waals surface area contributed by atoms with Crippen LogP contribution in [0.25, 0.3) is 0 Å². The van der Waals surface area contributed by atoms with E-state index in [1.54, 1.807) is 13.2 Å². The molecule has 14 heavy (non-hydrogen) atoms. The van der Waals surface area contributed by atoms with Crippen molar-refractivity contribution in [1.82, 2.24) is 5.32 Å². The number of methoxy groups -OCH3 is 1. The molecule has 0 saturated heterocycles. The molecule has 78 valence electrons. The van der Waals surface area contributed by atoms with Crippen molar-refractivity contribution in [2.45, 2.75) is 6.04 Å². The topological polar surface area (TPSA) is 47.3 Å². The summed E-state index contributed by atoms with van der Waals surface area (Å²) >= 11 is 6.05. The molecule has 0 saturated carbocycles. The van der Waals surface area contributed by atoms with Gasteiger partial charge in [-0.05, 0) is 24.7 Å². The highest BCUT2D eigenvalue weighted by atomic mass is 35.5. The Bertz CT molecular complexity index is 304. The van der Waals surface area contributed by atoms with Gasteiger partial charge in [-0.15, -0.1) is 0 Å². The maximum atomic E-state index is 6.05. The number of nitrogens with one attached hydrogen (secondary N) is 1. The summed E-state index contributed by atoms with van der Waals surface area (Å²) in [6.07, 6.45) is 0. The van der Waals surface area contributed by atoms with Crippen LogP contribution in [0.5, 0.6) is 5.75 Å². The number of likely N-dealkylation sites (N-methyl/N-ethyl adjacent to an activating group) is 1. The van der Waals surface area contributed by atoms with E-state index < -0.39 is 0 Å². The van der Waals surface area contributed by atoms with Crippen LogP contribution in [0.2, 0.25) is 5.02 Å². The summed E-state index contributed by atoms with van der Waals surface area (Å²) in [5, 5.41) is 3.65. The second-order valence-electron chi connectivity index (χ2n) is 3.05. The minimum Gasteiger partial charge on any atom is -0.497 e. The van der Waals surface area contributed by atoms with Crippen molar-refractivity contribution in [2.75, 3.05) is 20.7 Å². The van der Waals surface area contributed by atoms with E-state index in [1.807, 2.05) is 19.2 Å². The number of hydrogen-bond donors (Lipinski definition) is 2. The molecule has 1 rings (SSSR count). The molecule has 0 radical (unpaired) electrons. The number of ether oxygens (including phenoxy) is 1. The van der Waals surface area contributed by atoms with E-state index in [1.165, 1.54) is 0 Å². The summed E-state index contributed by atoms with van der Waals surface area (Å²) in [7, 11) is 3.47. The SMILES string of the molecule is CNCC(N)c1ccc(OC)cc1Cl. The molecule has 3 nitrogen and oxygen atoms in total. The fraction of sp³-hybridized carbons (Fsp3) is 0.400. The minimum absolute atomic E-state index is 0.0848. The van der Waals surface area contributed by atoms with Crippen molar-refractivity contribution < 1.29 is 4.74 Å². The standard InChI is InChI=1S/C10H15ClN2O/c1-13-6-10(12)8-4-3-7(14-2)5-9(8)11/h3-5,10,13H,6,12H2,1-2H3. The van der Waals surface area contributed by atoms with E-state index in [-0.39, 0.29) is 6.04 Å². The highest BCUT2D eigenvalue weighted by Crippen LogP contribution is 2.25. The lowest BCUT2D eigenvalue weighted by atomic mass is 10.1. The smallest absolute Gasteiger partial charge is 0.120 e. The molecule has 0 heterocycles. The third-order valence-electron chi connectivity index (χ3n) is 2.03. The van der Waals surface area contributed by atoms with Crippen molar-refractivity contribution in [2.24, 2.45) is 5.73 Å². The van der Waals surface area contributed by atoms with Crippen molar-refractivity contribution in [3.05, 3.63) is 28.8 Å². The highest BCUT2D eigenvalue weighted by Gasteiger charge is 2.09. The van der Waals surface area contributed by atoms with Crippen molar-refractivity contribution in [3.63, 3.8) is 0 Å². The van der Waals surface area contributed by atoms with Gasteiger partial charge in [0.05, 0.1) is 7.11 Å². The lowest BCUT2D eigenvalue weighted by molar-refractivity contribution is 0.414. The van der Waals surface area contributed by atoms with E-state index in [0.717, 1.165) is 11.3 Å². The Balaban J connectivity index is 2.88. The van der Waals surface area contributed by atoms with Crippen LogP contribution in [0.3, 0.4) is 0 Å². The summed E-state index contributed by atoms with van der Waals surface area (Å²) in [6, 6.07) is 5.44. The third-order valence-corrected chi connectivity index (χ3v) is 2.36. The molecule has 1 aromatic carbocycles. The average molecular weight is 215 g/mol. The normalized spacial score (nSPS) is 12.6. The zero-order chi connectivity index (χ0) is 10.6. The molecule has 0 bridgehead atoms. The molecule has 0 amide bonds. The van der Waals surface area contributed by atoms with Crippen LogP contribution in [0.1, 0.15) is 11.6 Å². The summed E-state index contributed by atoms with van der Waals surface area (Å²) in [4.78, 5) is 0. The maximum Gasteiger partial charge on any atom is 0.120 e. The zero-order valence-corrected chi connectivity index (χ0v) is 9.14. The molecular weight excluding hydrogens is 200 g/mol. The monoisotopic (exact) mass is 214 g/mol. The molecule has 0 spiro atoms. The first-order valence-electron chi connectivity index (χ1n) is 4.42. The number of nitrogens with two attached hydrogens (primary N) is 1. The number of halogens is 1. The fourth-order valence-corrected chi connectivity index (χ4v) is 1.58. The molecule has 1 atom stereocenters. The molecular formula is C10H15ClN2O. The van der Waals surface area contributed by atoms with Gasteiger partial charge in [-0.1, -0.05) is 17.7 Å². The Hall–Kier alpha value is -0.770. The first kappa shape index (κ1) is 11.3. The lowest BCUT2D eigenvalue weighted by Gasteiger charge is -2.13. The van der Waals surface area contributed by atoms with Gasteiger partial charge < -0.3 is 15.8 Å². The highest BCUT2D eigenvalue weighted by molar-refractivity contribution is 6.31. The Kier molecular flexibility index (Phi) is 4.20. The van der Waals surface area contributed by atoms with Crippen LogP contribution < -0.4 is 15.8 Å². The first-order valence-corrected chi connectivity index (χ1v) is 4.80. The Morgan fingerprint density at radius 1 is 1.57 bits per heavy atom. The van der Waals surface area contributed by atoms with Crippen LogP contribution in [0, 0.1) is 0 Å². The molecule has 0 aliphatic heterocycles. The second kappa shape index (κ2) is 5.20. The van der Waals surface area contributed by atoms with E-state index in [0.29, 0.717) is 11.6 Å². The van der Waals surface area contributed by atoms with Gasteiger partial charge >= 0.3 is 0 Å². The van der Waals surface area contributed by atoms with E-state index >= 15 is 0 Å². The van der Waals surface area contributed by atoms with Gasteiger partial charge in [0.1, 0.15) is 5.75 Å². The number of benzene rings is 1. The molecule has 0 aliphatic carbocycles. The first-order chi connectivity index (χ1) is 6.69. The quantitative estimate of drug-likeness (QED) is 0.800. The minimum atomic E-state index is -0.0848. The van der Waals surface area contributed by atoms with Crippen molar-refractivity contribution in [1.29, 1.82) is 0 Å². The summed E-state index contributed by atoms with van der Waals surface area (Å²) in [5.41, 5.74) is 6.84. The van der Waals surface area contributed by atoms with Gasteiger partial charge in [0.2, 0.25) is 0 Å². The Labute approximate surface area is 89.2 Å². The maximum absolute atomic E-state index is 6.05. The van der Waals surface area contributed by atoms with E-state index in [2.05, 4.69) is 5.32 Å². The van der Waals surface area contributed by atoms with Crippen molar-refractivity contribution >= 4 is 11.6 Å². The molecule has 0 fully saturated rings. The van der Waals surface area contributed by atoms with Gasteiger partial charge in [0.15, 0.2) is 0 Å². The second-order valence-corrected chi connectivity index (χ2v) is 3.46. The summed E-state index contributed by atoms with van der Waals surface area (Å²) in [6.45, 7) is 0.700. The molecule has 0 aromatic heterocycles. The predicted octanol–water partition coefficient (Wildman–Crippen LogP) is 1.57. The van der Waals surface area contributed by atoms with E-state index in [4.69, 9.17) is 22.1 Å². The van der Waals surface area contributed by atoms with Crippen LogP contribution >= 0.6 is 11.6 Å². The Morgan fingerprint density at radius 2 is 2.29 bits per heavy atom. The molecule has 0 aliphatic rings. The van der Waals surface area contributed by atoms with Gasteiger partial charge in [-0.2, -0.15) is 0 Å². The zero-order valence-electron chi connectivity index (χ0n) is 8.38. The molecule has 3 N–H and O–H groups in total. The van der Waals surface area contributed by atoms with Crippen LogP contribution in [-0.4, -0.2) is 20.7 Å². The Morgan fingerprint density at radius 3 is 2.79 bits per heavy atom. The van der Waals surface area contributed by atoms with Crippen LogP contribution in [0.4, 0.5) is 0 Å². The molecule has 1 aromatic rings. The van der Waals surface area contributed by atoms with Crippen LogP contribution in [-0.2, 0) is 0 Å². The third kappa shape index (κ3) is 2.61. The molecule has 1 unspecified atom stereocenters. The number of hydrogen-bond acceptors (Lipinski definition) is 3. The van der Waals surface area contributed by atoms with Crippen molar-refractivity contribution in [3.8, 4) is 5.75 Å². The van der Waals surface area contributed by atoms with Gasteiger partial charge in [0, 0.05) is 17.6 Å². The lowest BCUT2D eigenvalue weighted by Crippen LogP contribution is -2.24. The van der Waals surface area contributed by atoms with E-state index in [9.17, 15) is 0 Å². The predicted molar refractivity (Wildman–Crippen MR) is 58.9 cm³/mol. The number of rotatable bonds is 4. The summed E-state index contributed by atoms with van der Waals surface area (Å²) in [5.74, 6) is 0.746. The van der Waals surface area contributed by atoms with Gasteiger partial charge in [-0.25, -0.2) is 0 Å². The average Bonchev–Trinajstić information content (AvgIpc) is 2.17. The van der Waals surface area contributed by atoms with Crippen LogP contribution in [0.15, 0.2) is 18.2 Å². The summed E-state index contributed by atoms with van der Waals surface area (Å²) < 4.78 is 5.05. The largest absolute Gasteiger partial charge is 0.497 e. The van der Waals surface area contributed by atoms with Gasteiger partial charge in [-0.3, -0.25) is 0 Å². The fourth-order valence-electron chi connectivity index (χ4n) is 1.27. The molecule has 4 heteroatoms.